The molecule has 0 unspecified atom stereocenters. The number of hydrogen-bond acceptors (Lipinski definition) is 6. The van der Waals surface area contributed by atoms with Crippen molar-refractivity contribution in [2.75, 3.05) is 18.1 Å². The van der Waals surface area contributed by atoms with Crippen LogP contribution >= 0.6 is 22.9 Å². The molecule has 0 spiro atoms. The summed E-state index contributed by atoms with van der Waals surface area (Å²) in [6, 6.07) is 9.84. The molecule has 0 saturated carbocycles. The average Bonchev–Trinajstić information content (AvgIpc) is 3.00. The van der Waals surface area contributed by atoms with E-state index in [1.165, 1.54) is 11.3 Å². The minimum absolute atomic E-state index is 0.157. The number of ether oxygens (including phenoxy) is 1. The van der Waals surface area contributed by atoms with Crippen molar-refractivity contribution in [1.29, 1.82) is 0 Å². The highest BCUT2D eigenvalue weighted by atomic mass is 35.5. The fourth-order valence-corrected chi connectivity index (χ4v) is 3.63. The third-order valence-corrected chi connectivity index (χ3v) is 4.56. The molecule has 2 aromatic heterocycles. The summed E-state index contributed by atoms with van der Waals surface area (Å²) >= 11 is 7.46. The molecular weight excluding hydrogens is 346 g/mol. The van der Waals surface area contributed by atoms with Crippen LogP contribution in [-0.4, -0.2) is 29.1 Å². The molecule has 0 amide bonds. The number of rotatable bonds is 5. The summed E-state index contributed by atoms with van der Waals surface area (Å²) < 4.78 is 5.16. The minimum Gasteiger partial charge on any atom is -0.462 e. The van der Waals surface area contributed by atoms with Gasteiger partial charge in [-0.1, -0.05) is 18.2 Å². The number of benzene rings is 1. The first-order chi connectivity index (χ1) is 11.7. The van der Waals surface area contributed by atoms with Gasteiger partial charge in [0.2, 0.25) is 5.28 Å². The topological polar surface area (TPSA) is 55.3 Å². The molecule has 0 aliphatic rings. The van der Waals surface area contributed by atoms with Crippen LogP contribution in [0, 0.1) is 0 Å². The summed E-state index contributed by atoms with van der Waals surface area (Å²) in [7, 11) is 0. The molecule has 2 heterocycles. The van der Waals surface area contributed by atoms with E-state index in [-0.39, 0.29) is 11.3 Å². The number of aromatic nitrogens is 2. The Morgan fingerprint density at radius 3 is 2.67 bits per heavy atom. The SMILES string of the molecule is CCOC(=O)c1csc2nc(Cl)nc(N(CC)c3ccccc3)c12. The molecular formula is C17H16ClN3O2S. The van der Waals surface area contributed by atoms with Crippen LogP contribution in [0.1, 0.15) is 24.2 Å². The number of nitrogens with zero attached hydrogens (tertiary/aromatic N) is 3. The van der Waals surface area contributed by atoms with Crippen LogP contribution in [0.5, 0.6) is 0 Å². The smallest absolute Gasteiger partial charge is 0.339 e. The largest absolute Gasteiger partial charge is 0.462 e. The van der Waals surface area contributed by atoms with Crippen molar-refractivity contribution in [2.24, 2.45) is 0 Å². The molecule has 0 saturated heterocycles. The molecule has 5 nitrogen and oxygen atoms in total. The number of halogens is 1. The first-order valence-corrected chi connectivity index (χ1v) is 8.85. The molecule has 0 aliphatic heterocycles. The minimum atomic E-state index is -0.375. The van der Waals surface area contributed by atoms with Crippen LogP contribution < -0.4 is 4.90 Å². The summed E-state index contributed by atoms with van der Waals surface area (Å²) in [4.78, 5) is 23.6. The van der Waals surface area contributed by atoms with Gasteiger partial charge in [-0.25, -0.2) is 9.78 Å². The zero-order valence-electron chi connectivity index (χ0n) is 13.3. The fourth-order valence-electron chi connectivity index (χ4n) is 2.52. The average molecular weight is 362 g/mol. The van der Waals surface area contributed by atoms with Gasteiger partial charge >= 0.3 is 5.97 Å². The fraction of sp³-hybridized carbons (Fsp3) is 0.235. The van der Waals surface area contributed by atoms with Crippen molar-refractivity contribution in [2.45, 2.75) is 13.8 Å². The van der Waals surface area contributed by atoms with Crippen molar-refractivity contribution in [3.05, 3.63) is 46.6 Å². The molecule has 3 aromatic rings. The Morgan fingerprint density at radius 2 is 2.00 bits per heavy atom. The van der Waals surface area contributed by atoms with Gasteiger partial charge in [-0.3, -0.25) is 0 Å². The van der Waals surface area contributed by atoms with E-state index in [4.69, 9.17) is 16.3 Å². The monoisotopic (exact) mass is 361 g/mol. The van der Waals surface area contributed by atoms with Gasteiger partial charge in [-0.15, -0.1) is 11.3 Å². The van der Waals surface area contributed by atoms with Crippen LogP contribution in [-0.2, 0) is 4.74 Å². The maximum atomic E-state index is 12.3. The Kier molecular flexibility index (Phi) is 4.97. The maximum Gasteiger partial charge on any atom is 0.339 e. The number of para-hydroxylation sites is 1. The number of carbonyl (C=O) groups is 1. The Balaban J connectivity index is 2.22. The highest BCUT2D eigenvalue weighted by Gasteiger charge is 2.22. The van der Waals surface area contributed by atoms with Gasteiger partial charge in [-0.2, -0.15) is 4.98 Å². The second kappa shape index (κ2) is 7.15. The Morgan fingerprint density at radius 1 is 1.25 bits per heavy atom. The molecule has 0 fully saturated rings. The zero-order valence-corrected chi connectivity index (χ0v) is 14.9. The number of anilines is 2. The Labute approximate surface area is 148 Å². The number of fused-ring (bicyclic) bond motifs is 1. The highest BCUT2D eigenvalue weighted by Crippen LogP contribution is 2.36. The van der Waals surface area contributed by atoms with Crippen molar-refractivity contribution < 1.29 is 9.53 Å². The third kappa shape index (κ3) is 3.07. The molecule has 1 aromatic carbocycles. The molecule has 3 rings (SSSR count). The van der Waals surface area contributed by atoms with Gasteiger partial charge in [0.25, 0.3) is 0 Å². The van der Waals surface area contributed by atoms with Gasteiger partial charge in [0.1, 0.15) is 10.6 Å². The predicted molar refractivity (Wildman–Crippen MR) is 97.5 cm³/mol. The van der Waals surface area contributed by atoms with E-state index in [1.807, 2.05) is 42.2 Å². The summed E-state index contributed by atoms with van der Waals surface area (Å²) in [5.41, 5.74) is 1.44. The standard InChI is InChI=1S/C17H16ClN3O2S/c1-3-21(11-8-6-5-7-9-11)14-13-12(16(22)23-4-2)10-24-15(13)20-17(18)19-14/h5-10H,3-4H2,1-2H3. The number of thiophene rings is 1. The van der Waals surface area contributed by atoms with Crippen LogP contribution in [0.2, 0.25) is 5.28 Å². The van der Waals surface area contributed by atoms with Gasteiger partial charge in [-0.05, 0) is 37.6 Å². The third-order valence-electron chi connectivity index (χ3n) is 3.52. The van der Waals surface area contributed by atoms with Crippen molar-refractivity contribution in [1.82, 2.24) is 9.97 Å². The Hall–Kier alpha value is -2.18. The summed E-state index contributed by atoms with van der Waals surface area (Å²) in [6.07, 6.45) is 0. The lowest BCUT2D eigenvalue weighted by Crippen LogP contribution is -2.18. The number of carbonyl (C=O) groups excluding carboxylic acids is 1. The normalized spacial score (nSPS) is 10.8. The molecule has 0 aliphatic carbocycles. The molecule has 7 heteroatoms. The first kappa shape index (κ1) is 16.7. The molecule has 0 bridgehead atoms. The van der Waals surface area contributed by atoms with E-state index >= 15 is 0 Å². The van der Waals surface area contributed by atoms with E-state index in [9.17, 15) is 4.79 Å². The zero-order chi connectivity index (χ0) is 17.1. The molecule has 24 heavy (non-hydrogen) atoms. The van der Waals surface area contributed by atoms with Crippen LogP contribution in [0.15, 0.2) is 35.7 Å². The molecule has 0 radical (unpaired) electrons. The molecule has 124 valence electrons. The Bertz CT molecular complexity index is 867. The second-order valence-corrected chi connectivity index (χ2v) is 6.14. The van der Waals surface area contributed by atoms with E-state index in [0.717, 1.165) is 5.69 Å². The quantitative estimate of drug-likeness (QED) is 0.488. The summed E-state index contributed by atoms with van der Waals surface area (Å²) in [5, 5.41) is 2.58. The second-order valence-electron chi connectivity index (χ2n) is 4.95. The van der Waals surface area contributed by atoms with E-state index in [1.54, 1.807) is 12.3 Å². The number of hydrogen-bond donors (Lipinski definition) is 0. The van der Waals surface area contributed by atoms with Gasteiger partial charge < -0.3 is 9.64 Å². The molecule has 0 N–H and O–H groups in total. The van der Waals surface area contributed by atoms with Crippen LogP contribution in [0.4, 0.5) is 11.5 Å². The van der Waals surface area contributed by atoms with Crippen molar-refractivity contribution in [3.63, 3.8) is 0 Å². The maximum absolute atomic E-state index is 12.3. The molecule has 0 atom stereocenters. The summed E-state index contributed by atoms with van der Waals surface area (Å²) in [5.74, 6) is 0.239. The van der Waals surface area contributed by atoms with Crippen LogP contribution in [0.3, 0.4) is 0 Å². The van der Waals surface area contributed by atoms with E-state index in [0.29, 0.717) is 34.7 Å². The lowest BCUT2D eigenvalue weighted by Gasteiger charge is -2.23. The highest BCUT2D eigenvalue weighted by molar-refractivity contribution is 7.17. The van der Waals surface area contributed by atoms with Crippen molar-refractivity contribution >= 4 is 50.6 Å². The lowest BCUT2D eigenvalue weighted by atomic mass is 10.2. The van der Waals surface area contributed by atoms with E-state index < -0.39 is 0 Å². The predicted octanol–water partition coefficient (Wildman–Crippen LogP) is 4.68. The van der Waals surface area contributed by atoms with Gasteiger partial charge in [0, 0.05) is 17.6 Å². The van der Waals surface area contributed by atoms with Gasteiger partial charge in [0.05, 0.1) is 17.6 Å². The number of esters is 1. The first-order valence-electron chi connectivity index (χ1n) is 7.60. The van der Waals surface area contributed by atoms with E-state index in [2.05, 4.69) is 9.97 Å². The van der Waals surface area contributed by atoms with Gasteiger partial charge in [0.15, 0.2) is 0 Å². The van der Waals surface area contributed by atoms with Crippen LogP contribution in [0.25, 0.3) is 10.2 Å². The lowest BCUT2D eigenvalue weighted by molar-refractivity contribution is 0.0529. The van der Waals surface area contributed by atoms with Crippen molar-refractivity contribution in [3.8, 4) is 0 Å². The summed E-state index contributed by atoms with van der Waals surface area (Å²) in [6.45, 7) is 4.79.